The molecule has 2 nitrogen and oxygen atoms in total. The van der Waals surface area contributed by atoms with E-state index in [2.05, 4.69) is 61.9 Å². The summed E-state index contributed by atoms with van der Waals surface area (Å²) in [5, 5.41) is 0. The molecule has 0 saturated heterocycles. The average Bonchev–Trinajstić information content (AvgIpc) is 2.94. The van der Waals surface area contributed by atoms with Crippen molar-refractivity contribution in [3.8, 4) is 11.4 Å². The van der Waals surface area contributed by atoms with E-state index in [9.17, 15) is 0 Å². The zero-order chi connectivity index (χ0) is 26.6. The molecule has 1 aromatic heterocycles. The summed E-state index contributed by atoms with van der Waals surface area (Å²) >= 11 is 2.04. The molecule has 0 aliphatic carbocycles. The molecule has 2 aromatic rings. The van der Waals surface area contributed by atoms with Crippen molar-refractivity contribution in [2.75, 3.05) is 30.4 Å². The summed E-state index contributed by atoms with van der Waals surface area (Å²) < 4.78 is 0. The van der Waals surface area contributed by atoms with E-state index in [4.69, 9.17) is 0 Å². The van der Waals surface area contributed by atoms with Crippen LogP contribution in [0.5, 0.6) is 0 Å². The Morgan fingerprint density at radius 3 is 1.68 bits per heavy atom. The molecule has 0 saturated carbocycles. The summed E-state index contributed by atoms with van der Waals surface area (Å²) in [5.74, 6) is 2.10. The minimum absolute atomic E-state index is 0.849. The first-order chi connectivity index (χ1) is 18.2. The number of unbranched alkanes of at least 4 members (excludes halogenated alkanes) is 8. The Balaban J connectivity index is 1.81. The van der Waals surface area contributed by atoms with Crippen molar-refractivity contribution in [1.29, 1.82) is 0 Å². The van der Waals surface area contributed by atoms with Gasteiger partial charge in [-0.15, -0.1) is 0 Å². The molecule has 0 bridgehead atoms. The molecule has 1 heterocycles. The molecular weight excluding hydrogens is 487 g/mol. The Morgan fingerprint density at radius 1 is 0.595 bits per heavy atom. The first-order valence-corrected chi connectivity index (χ1v) is 19.5. The van der Waals surface area contributed by atoms with Gasteiger partial charge in [0.05, 0.1) is 0 Å². The van der Waals surface area contributed by atoms with Crippen LogP contribution in [0.4, 0.5) is 0 Å². The predicted octanol–water partition coefficient (Wildman–Crippen LogP) is 10.7. The maximum atomic E-state index is 4.67. The molecular formula is C33H57N2PS. The van der Waals surface area contributed by atoms with Gasteiger partial charge in [0.25, 0.3) is 0 Å². The topological polar surface area (TPSA) is 25.8 Å². The second-order valence-electron chi connectivity index (χ2n) is 11.2. The second kappa shape index (κ2) is 20.0. The van der Waals surface area contributed by atoms with E-state index < -0.39 is 7.26 Å². The van der Waals surface area contributed by atoms with Crippen molar-refractivity contribution in [2.24, 2.45) is 0 Å². The molecule has 0 atom stereocenters. The summed E-state index contributed by atoms with van der Waals surface area (Å²) in [6.45, 7) is 9.38. The zero-order valence-electron chi connectivity index (χ0n) is 24.7. The molecule has 0 N–H and O–H groups in total. The first kappa shape index (κ1) is 32.3. The fourth-order valence-corrected chi connectivity index (χ4v) is 12.3. The number of thioether (sulfide) groups is 1. The predicted molar refractivity (Wildman–Crippen MR) is 172 cm³/mol. The van der Waals surface area contributed by atoms with Gasteiger partial charge in [0, 0.05) is 0 Å². The summed E-state index contributed by atoms with van der Waals surface area (Å²) in [6, 6.07) is 8.94. The molecule has 4 heteroatoms. The Kier molecular flexibility index (Phi) is 17.5. The molecule has 0 fully saturated rings. The quantitative estimate of drug-likeness (QED) is 0.0837. The Hall–Kier alpha value is -0.920. The van der Waals surface area contributed by atoms with Gasteiger partial charge in [-0.25, -0.2) is 0 Å². The summed E-state index contributed by atoms with van der Waals surface area (Å²) in [6.07, 6.45) is 29.2. The molecule has 2 rings (SSSR count). The van der Waals surface area contributed by atoms with Crippen molar-refractivity contribution in [3.05, 3.63) is 42.2 Å². The molecule has 0 radical (unpaired) electrons. The van der Waals surface area contributed by atoms with Crippen LogP contribution in [-0.4, -0.2) is 40.4 Å². The molecule has 0 aliphatic heterocycles. The van der Waals surface area contributed by atoms with Crippen LogP contribution < -0.4 is 0 Å². The van der Waals surface area contributed by atoms with Gasteiger partial charge in [-0.3, -0.25) is 0 Å². The zero-order valence-corrected chi connectivity index (χ0v) is 26.5. The van der Waals surface area contributed by atoms with E-state index in [-0.39, 0.29) is 0 Å². The van der Waals surface area contributed by atoms with Crippen LogP contribution >= 0.6 is 19.0 Å². The third-order valence-corrected chi connectivity index (χ3v) is 14.7. The van der Waals surface area contributed by atoms with E-state index >= 15 is 0 Å². The van der Waals surface area contributed by atoms with Gasteiger partial charge in [-0.05, 0) is 12.8 Å². The van der Waals surface area contributed by atoms with Crippen molar-refractivity contribution in [2.45, 2.75) is 122 Å². The maximum absolute atomic E-state index is 4.67. The van der Waals surface area contributed by atoms with Gasteiger partial charge in [0.1, 0.15) is 0 Å². The molecule has 0 aliphatic rings. The molecule has 0 amide bonds. The van der Waals surface area contributed by atoms with E-state index in [1.807, 2.05) is 24.2 Å². The van der Waals surface area contributed by atoms with Crippen LogP contribution in [0.15, 0.2) is 41.6 Å². The van der Waals surface area contributed by atoms with Crippen molar-refractivity contribution < 1.29 is 0 Å². The van der Waals surface area contributed by atoms with Gasteiger partial charge in [0.15, 0.2) is 0 Å². The van der Waals surface area contributed by atoms with Gasteiger partial charge < -0.3 is 0 Å². The number of rotatable bonds is 22. The van der Waals surface area contributed by atoms with Crippen LogP contribution in [0.2, 0.25) is 0 Å². The van der Waals surface area contributed by atoms with Gasteiger partial charge in [-0.1, -0.05) is 39.0 Å². The van der Waals surface area contributed by atoms with E-state index in [1.165, 1.54) is 106 Å². The Labute approximate surface area is 235 Å². The molecule has 37 heavy (non-hydrogen) atoms. The number of benzene rings is 1. The van der Waals surface area contributed by atoms with Crippen molar-refractivity contribution in [1.82, 2.24) is 9.97 Å². The van der Waals surface area contributed by atoms with Gasteiger partial charge >= 0.3 is 184 Å². The van der Waals surface area contributed by atoms with E-state index in [1.54, 1.807) is 18.5 Å². The number of hydrogen-bond acceptors (Lipinski definition) is 3. The fraction of sp³-hybridized carbons (Fsp3) is 0.697. The van der Waals surface area contributed by atoms with Crippen LogP contribution in [-0.2, 0) is 6.42 Å². The Bertz CT molecular complexity index is 784. The molecule has 0 unspecified atom stereocenters. The van der Waals surface area contributed by atoms with Crippen LogP contribution in [0.3, 0.4) is 0 Å². The van der Waals surface area contributed by atoms with E-state index in [0.29, 0.717) is 0 Å². The third-order valence-electron chi connectivity index (χ3n) is 7.94. The summed E-state index contributed by atoms with van der Waals surface area (Å²) in [7, 11) is -1.10. The minimum atomic E-state index is -1.10. The molecule has 1 aromatic carbocycles. The fourth-order valence-electron chi connectivity index (χ4n) is 5.49. The molecule has 210 valence electrons. The number of aromatic nitrogens is 2. The van der Waals surface area contributed by atoms with Crippen LogP contribution in [0.1, 0.15) is 117 Å². The SMILES string of the molecule is CCCCCCCCc1cnc(-c2ccc(SCCC[PH](CCCC)(CCCC)CCCC)cc2)nc1. The summed E-state index contributed by atoms with van der Waals surface area (Å²) in [4.78, 5) is 10.7. The van der Waals surface area contributed by atoms with Crippen LogP contribution in [0, 0.1) is 0 Å². The first-order valence-electron chi connectivity index (χ1n) is 15.7. The number of hydrogen-bond donors (Lipinski definition) is 0. The normalized spacial score (nSPS) is 12.2. The van der Waals surface area contributed by atoms with Crippen LogP contribution in [0.25, 0.3) is 11.4 Å². The third kappa shape index (κ3) is 13.1. The van der Waals surface area contributed by atoms with Gasteiger partial charge in [0.2, 0.25) is 0 Å². The average molecular weight is 545 g/mol. The Morgan fingerprint density at radius 2 is 1.11 bits per heavy atom. The standard InChI is InChI=1S/C33H57N2PS/c1-5-9-13-14-15-16-18-30-28-34-33(35-29-30)31-19-21-32(22-20-31)37-27-17-26-36(23-10-6-2,24-11-7-3)25-12-8-4/h19-22,28-29,36H,5-18,23-27H2,1-4H3. The van der Waals surface area contributed by atoms with E-state index in [0.717, 1.165) is 17.8 Å². The van der Waals surface area contributed by atoms with Crippen molar-refractivity contribution >= 4 is 19.0 Å². The number of nitrogens with zero attached hydrogens (tertiary/aromatic N) is 2. The monoisotopic (exact) mass is 544 g/mol. The number of aryl methyl sites for hydroxylation is 1. The molecule has 0 spiro atoms. The van der Waals surface area contributed by atoms with Gasteiger partial charge in [-0.2, -0.15) is 0 Å². The van der Waals surface area contributed by atoms with Crippen molar-refractivity contribution in [3.63, 3.8) is 0 Å². The second-order valence-corrected chi connectivity index (χ2v) is 17.4. The summed E-state index contributed by atoms with van der Waals surface area (Å²) in [5.41, 5.74) is 2.39.